The Morgan fingerprint density at radius 1 is 1.15 bits per heavy atom. The van der Waals surface area contributed by atoms with Gasteiger partial charge in [0.05, 0.1) is 12.7 Å². The van der Waals surface area contributed by atoms with E-state index in [-0.39, 0.29) is 17.1 Å². The van der Waals surface area contributed by atoms with Crippen molar-refractivity contribution in [2.75, 3.05) is 19.8 Å². The van der Waals surface area contributed by atoms with Crippen molar-refractivity contribution in [2.24, 2.45) is 5.92 Å². The van der Waals surface area contributed by atoms with Crippen LogP contribution in [0.4, 0.5) is 0 Å². The zero-order valence-electron chi connectivity index (χ0n) is 18.1. The van der Waals surface area contributed by atoms with E-state index in [1.165, 1.54) is 0 Å². The standard InChI is InChI=1S/C20H41BO4Si/c1-8-10-12-23-15-20(5)17(24-13-11-9-2)16(18(21)25-20)14-19(3,4)26(6,7)22/h16-18,22H,8-15H2,1-7H3/t16?,17?,18-,20-/m1/s1. The van der Waals surface area contributed by atoms with E-state index in [1.807, 2.05) is 13.1 Å². The molecule has 0 saturated carbocycles. The Bertz CT molecular complexity index is 413. The molecule has 1 aliphatic heterocycles. The lowest BCUT2D eigenvalue weighted by molar-refractivity contribution is -0.123. The van der Waals surface area contributed by atoms with Gasteiger partial charge in [0, 0.05) is 25.1 Å². The fraction of sp³-hybridized carbons (Fsp3) is 1.00. The molecule has 0 aromatic heterocycles. The van der Waals surface area contributed by atoms with Crippen LogP contribution in [0.2, 0.25) is 18.1 Å². The summed E-state index contributed by atoms with van der Waals surface area (Å²) in [5.74, 6) is 0.0561. The number of rotatable bonds is 12. The molecule has 6 heteroatoms. The lowest BCUT2D eigenvalue weighted by Crippen LogP contribution is -2.47. The minimum Gasteiger partial charge on any atom is -0.432 e. The molecule has 0 aromatic rings. The molecule has 1 aliphatic rings. The molecule has 1 N–H and O–H groups in total. The average molecular weight is 384 g/mol. The molecule has 4 atom stereocenters. The molecule has 1 fully saturated rings. The van der Waals surface area contributed by atoms with Crippen LogP contribution in [0.1, 0.15) is 66.7 Å². The molecule has 1 saturated heterocycles. The van der Waals surface area contributed by atoms with Crippen molar-refractivity contribution in [3.63, 3.8) is 0 Å². The minimum atomic E-state index is -2.33. The molecule has 0 spiro atoms. The van der Waals surface area contributed by atoms with Gasteiger partial charge in [-0.2, -0.15) is 0 Å². The molecular formula is C20H41BO4Si. The highest BCUT2D eigenvalue weighted by molar-refractivity contribution is 6.72. The van der Waals surface area contributed by atoms with Crippen molar-refractivity contribution in [3.05, 3.63) is 0 Å². The van der Waals surface area contributed by atoms with Gasteiger partial charge in [-0.3, -0.25) is 0 Å². The van der Waals surface area contributed by atoms with Gasteiger partial charge in [0.2, 0.25) is 0 Å². The summed E-state index contributed by atoms with van der Waals surface area (Å²) in [7, 11) is 4.08. The van der Waals surface area contributed by atoms with Gasteiger partial charge >= 0.3 is 0 Å². The van der Waals surface area contributed by atoms with Gasteiger partial charge in [-0.1, -0.05) is 40.5 Å². The first-order chi connectivity index (χ1) is 12.0. The van der Waals surface area contributed by atoms with Crippen molar-refractivity contribution in [1.82, 2.24) is 0 Å². The van der Waals surface area contributed by atoms with E-state index in [9.17, 15) is 4.80 Å². The van der Waals surface area contributed by atoms with Crippen LogP contribution in [0.25, 0.3) is 0 Å². The number of hydrogen-bond donors (Lipinski definition) is 1. The molecular weight excluding hydrogens is 343 g/mol. The second kappa shape index (κ2) is 10.1. The van der Waals surface area contributed by atoms with E-state index in [4.69, 9.17) is 22.1 Å². The van der Waals surface area contributed by atoms with Crippen molar-refractivity contribution in [2.45, 2.75) is 103 Å². The summed E-state index contributed by atoms with van der Waals surface area (Å²) in [4.78, 5) is 10.7. The third kappa shape index (κ3) is 6.33. The predicted octanol–water partition coefficient (Wildman–Crippen LogP) is 4.26. The van der Waals surface area contributed by atoms with Crippen LogP contribution in [0.5, 0.6) is 0 Å². The maximum Gasteiger partial charge on any atom is 0.188 e. The summed E-state index contributed by atoms with van der Waals surface area (Å²) < 4.78 is 18.4. The summed E-state index contributed by atoms with van der Waals surface area (Å²) in [6.45, 7) is 16.6. The molecule has 152 valence electrons. The molecule has 2 radical (unpaired) electrons. The minimum absolute atomic E-state index is 0.0561. The van der Waals surface area contributed by atoms with Crippen LogP contribution >= 0.6 is 0 Å². The molecule has 2 unspecified atom stereocenters. The molecule has 0 aromatic carbocycles. The van der Waals surface area contributed by atoms with E-state index in [1.54, 1.807) is 0 Å². The Kier molecular flexibility index (Phi) is 9.35. The zero-order valence-corrected chi connectivity index (χ0v) is 19.1. The van der Waals surface area contributed by atoms with Crippen LogP contribution in [0, 0.1) is 5.92 Å². The Hall–Kier alpha value is 0.122. The lowest BCUT2D eigenvalue weighted by atomic mass is 9.77. The van der Waals surface area contributed by atoms with Gasteiger partial charge in [-0.25, -0.2) is 0 Å². The predicted molar refractivity (Wildman–Crippen MR) is 111 cm³/mol. The zero-order chi connectivity index (χ0) is 20.0. The maximum absolute atomic E-state index is 10.7. The van der Waals surface area contributed by atoms with Crippen LogP contribution in [-0.2, 0) is 14.2 Å². The van der Waals surface area contributed by atoms with Crippen LogP contribution in [-0.4, -0.2) is 58.5 Å². The normalized spacial score (nSPS) is 30.1. The highest BCUT2D eigenvalue weighted by atomic mass is 28.4. The third-order valence-corrected chi connectivity index (χ3v) is 9.56. The molecule has 0 bridgehead atoms. The molecule has 4 nitrogen and oxygen atoms in total. The Labute approximate surface area is 163 Å². The van der Waals surface area contributed by atoms with Crippen molar-refractivity contribution in [1.29, 1.82) is 0 Å². The van der Waals surface area contributed by atoms with E-state index in [0.29, 0.717) is 13.2 Å². The first kappa shape index (κ1) is 24.2. The van der Waals surface area contributed by atoms with Crippen LogP contribution in [0.3, 0.4) is 0 Å². The Morgan fingerprint density at radius 3 is 2.27 bits per heavy atom. The second-order valence-corrected chi connectivity index (χ2v) is 13.7. The Balaban J connectivity index is 2.92. The number of hydrogen-bond acceptors (Lipinski definition) is 4. The summed E-state index contributed by atoms with van der Waals surface area (Å²) in [5, 5.41) is -0.167. The van der Waals surface area contributed by atoms with Gasteiger partial charge in [-0.05, 0) is 44.3 Å². The van der Waals surface area contributed by atoms with E-state index in [2.05, 4.69) is 34.6 Å². The monoisotopic (exact) mass is 384 g/mol. The van der Waals surface area contributed by atoms with Crippen molar-refractivity contribution >= 4 is 16.2 Å². The quantitative estimate of drug-likeness (QED) is 0.404. The third-order valence-electron chi connectivity index (χ3n) is 6.05. The van der Waals surface area contributed by atoms with Gasteiger partial charge < -0.3 is 19.0 Å². The largest absolute Gasteiger partial charge is 0.432 e. The summed E-state index contributed by atoms with van der Waals surface area (Å²) in [6, 6.07) is -0.392. The van der Waals surface area contributed by atoms with Crippen LogP contribution < -0.4 is 0 Å². The molecule has 0 aliphatic carbocycles. The van der Waals surface area contributed by atoms with E-state index >= 15 is 0 Å². The average Bonchev–Trinajstić information content (AvgIpc) is 2.74. The molecule has 1 heterocycles. The number of ether oxygens (including phenoxy) is 3. The first-order valence-electron chi connectivity index (χ1n) is 10.3. The summed E-state index contributed by atoms with van der Waals surface area (Å²) in [5.41, 5.74) is -0.539. The number of unbranched alkanes of at least 4 members (excludes halogenated alkanes) is 2. The highest BCUT2D eigenvalue weighted by Gasteiger charge is 2.54. The van der Waals surface area contributed by atoms with Crippen LogP contribution in [0.15, 0.2) is 0 Å². The topological polar surface area (TPSA) is 47.9 Å². The van der Waals surface area contributed by atoms with Crippen molar-refractivity contribution in [3.8, 4) is 0 Å². The van der Waals surface area contributed by atoms with Gasteiger partial charge in [0.15, 0.2) is 8.32 Å². The summed E-state index contributed by atoms with van der Waals surface area (Å²) in [6.07, 6.45) is 4.96. The molecule has 26 heavy (non-hydrogen) atoms. The van der Waals surface area contributed by atoms with E-state index in [0.717, 1.165) is 38.7 Å². The fourth-order valence-corrected chi connectivity index (χ4v) is 4.18. The first-order valence-corrected chi connectivity index (χ1v) is 13.3. The fourth-order valence-electron chi connectivity index (χ4n) is 3.44. The Morgan fingerprint density at radius 2 is 1.73 bits per heavy atom. The summed E-state index contributed by atoms with van der Waals surface area (Å²) >= 11 is 0. The SMILES string of the molecule is [B][C@@H]1O[C@](C)(COCCCC)C(OCCCC)C1CC(C)(C)[Si](C)(C)O. The molecule has 0 amide bonds. The van der Waals surface area contributed by atoms with Crippen molar-refractivity contribution < 1.29 is 19.0 Å². The van der Waals surface area contributed by atoms with Gasteiger partial charge in [0.1, 0.15) is 13.4 Å². The van der Waals surface area contributed by atoms with Gasteiger partial charge in [-0.15, -0.1) is 0 Å². The van der Waals surface area contributed by atoms with Gasteiger partial charge in [0.25, 0.3) is 0 Å². The molecule has 1 rings (SSSR count). The van der Waals surface area contributed by atoms with E-state index < -0.39 is 19.9 Å². The second-order valence-electron chi connectivity index (χ2n) is 9.26. The highest BCUT2D eigenvalue weighted by Crippen LogP contribution is 2.48. The maximum atomic E-state index is 10.7. The smallest absolute Gasteiger partial charge is 0.188 e. The lowest BCUT2D eigenvalue weighted by Gasteiger charge is -2.40.